The Labute approximate surface area is 158 Å². The van der Waals surface area contributed by atoms with Gasteiger partial charge in [0.05, 0.1) is 14.2 Å². The minimum Gasteiger partial charge on any atom is -0.507 e. The third kappa shape index (κ3) is 2.97. The van der Waals surface area contributed by atoms with Gasteiger partial charge in [0.25, 0.3) is 0 Å². The zero-order chi connectivity index (χ0) is 18.8. The summed E-state index contributed by atoms with van der Waals surface area (Å²) >= 11 is 0. The molecule has 0 fully saturated rings. The van der Waals surface area contributed by atoms with Crippen LogP contribution in [0.3, 0.4) is 0 Å². The van der Waals surface area contributed by atoms with E-state index in [9.17, 15) is 5.11 Å². The molecule has 0 aromatic heterocycles. The minimum atomic E-state index is 0.257. The van der Waals surface area contributed by atoms with Crippen LogP contribution in [0.1, 0.15) is 0 Å². The maximum atomic E-state index is 11.2. The number of phenolic OH excluding ortho intramolecular Hbond substituents is 1. The van der Waals surface area contributed by atoms with Crippen LogP contribution in [-0.2, 0) is 0 Å². The third-order valence-electron chi connectivity index (χ3n) is 4.76. The number of rotatable bonds is 4. The fraction of sp³-hybridized carbons (Fsp3) is 0.0833. The van der Waals surface area contributed by atoms with Crippen molar-refractivity contribution in [1.82, 2.24) is 0 Å². The van der Waals surface area contributed by atoms with Gasteiger partial charge < -0.3 is 14.6 Å². The summed E-state index contributed by atoms with van der Waals surface area (Å²) in [6, 6.07) is 25.7. The van der Waals surface area contributed by atoms with E-state index in [0.717, 1.165) is 33.0 Å². The Balaban J connectivity index is 2.11. The number of ether oxygens (including phenoxy) is 2. The lowest BCUT2D eigenvalue weighted by molar-refractivity contribution is 0.356. The molecule has 134 valence electrons. The summed E-state index contributed by atoms with van der Waals surface area (Å²) in [7, 11) is 3.24. The quantitative estimate of drug-likeness (QED) is 0.495. The first-order chi connectivity index (χ1) is 13.2. The van der Waals surface area contributed by atoms with Crippen molar-refractivity contribution in [3.63, 3.8) is 0 Å². The molecule has 0 saturated heterocycles. The highest BCUT2D eigenvalue weighted by atomic mass is 16.5. The molecule has 0 aliphatic carbocycles. The van der Waals surface area contributed by atoms with Gasteiger partial charge in [-0.05, 0) is 40.1 Å². The fourth-order valence-corrected chi connectivity index (χ4v) is 3.45. The first-order valence-electron chi connectivity index (χ1n) is 8.75. The SMILES string of the molecule is COc1cc2cc(-c3ccccc3)c(O)c(-c3ccccc3)c2cc1OC. The highest BCUT2D eigenvalue weighted by Crippen LogP contribution is 2.46. The van der Waals surface area contributed by atoms with Crippen LogP contribution in [0.4, 0.5) is 0 Å². The molecule has 3 nitrogen and oxygen atoms in total. The first kappa shape index (κ1) is 17.0. The summed E-state index contributed by atoms with van der Waals surface area (Å²) in [6.45, 7) is 0. The first-order valence-corrected chi connectivity index (χ1v) is 8.75. The number of hydrogen-bond donors (Lipinski definition) is 1. The largest absolute Gasteiger partial charge is 0.507 e. The molecule has 0 spiro atoms. The topological polar surface area (TPSA) is 38.7 Å². The van der Waals surface area contributed by atoms with Crippen LogP contribution in [-0.4, -0.2) is 19.3 Å². The number of hydrogen-bond acceptors (Lipinski definition) is 3. The van der Waals surface area contributed by atoms with Crippen molar-refractivity contribution in [2.45, 2.75) is 0 Å². The molecule has 0 aliphatic rings. The predicted octanol–water partition coefficient (Wildman–Crippen LogP) is 5.90. The normalized spacial score (nSPS) is 10.7. The second-order valence-corrected chi connectivity index (χ2v) is 6.31. The van der Waals surface area contributed by atoms with Gasteiger partial charge in [0.15, 0.2) is 11.5 Å². The van der Waals surface area contributed by atoms with Gasteiger partial charge in [0.1, 0.15) is 5.75 Å². The van der Waals surface area contributed by atoms with E-state index < -0.39 is 0 Å². The third-order valence-corrected chi connectivity index (χ3v) is 4.76. The smallest absolute Gasteiger partial charge is 0.161 e. The fourth-order valence-electron chi connectivity index (χ4n) is 3.45. The van der Waals surface area contributed by atoms with E-state index >= 15 is 0 Å². The molecular weight excluding hydrogens is 336 g/mol. The summed E-state index contributed by atoms with van der Waals surface area (Å²) < 4.78 is 11.0. The number of aromatic hydroxyl groups is 1. The Hall–Kier alpha value is -3.46. The van der Waals surface area contributed by atoms with Crippen LogP contribution in [0.2, 0.25) is 0 Å². The Kier molecular flexibility index (Phi) is 4.43. The van der Waals surface area contributed by atoms with E-state index in [-0.39, 0.29) is 5.75 Å². The molecule has 1 N–H and O–H groups in total. The highest BCUT2D eigenvalue weighted by Gasteiger charge is 2.18. The number of benzene rings is 4. The van der Waals surface area contributed by atoms with E-state index in [1.54, 1.807) is 14.2 Å². The van der Waals surface area contributed by atoms with Crippen molar-refractivity contribution >= 4 is 10.8 Å². The summed E-state index contributed by atoms with van der Waals surface area (Å²) in [6.07, 6.45) is 0. The lowest BCUT2D eigenvalue weighted by atomic mass is 9.91. The Morgan fingerprint density at radius 2 is 1.22 bits per heavy atom. The monoisotopic (exact) mass is 356 g/mol. The van der Waals surface area contributed by atoms with Crippen LogP contribution in [0.5, 0.6) is 17.2 Å². The number of methoxy groups -OCH3 is 2. The van der Waals surface area contributed by atoms with Crippen LogP contribution in [0, 0.1) is 0 Å². The second-order valence-electron chi connectivity index (χ2n) is 6.31. The molecular formula is C24H20O3. The Bertz CT molecular complexity index is 1090. The molecule has 0 atom stereocenters. The van der Waals surface area contributed by atoms with Gasteiger partial charge in [-0.15, -0.1) is 0 Å². The van der Waals surface area contributed by atoms with Crippen LogP contribution >= 0.6 is 0 Å². The maximum absolute atomic E-state index is 11.2. The van der Waals surface area contributed by atoms with Crippen molar-refractivity contribution < 1.29 is 14.6 Å². The molecule has 0 saturated carbocycles. The average Bonchev–Trinajstić information content (AvgIpc) is 2.73. The van der Waals surface area contributed by atoms with Gasteiger partial charge in [-0.25, -0.2) is 0 Å². The molecule has 0 heterocycles. The van der Waals surface area contributed by atoms with Gasteiger partial charge in [0, 0.05) is 11.1 Å². The summed E-state index contributed by atoms with van der Waals surface area (Å²) in [5.74, 6) is 1.55. The van der Waals surface area contributed by atoms with Crippen molar-refractivity contribution in [2.75, 3.05) is 14.2 Å². The van der Waals surface area contributed by atoms with Crippen LogP contribution in [0.25, 0.3) is 33.0 Å². The van der Waals surface area contributed by atoms with E-state index in [1.807, 2.05) is 78.9 Å². The molecule has 4 rings (SSSR count). The van der Waals surface area contributed by atoms with Crippen molar-refractivity contribution in [3.05, 3.63) is 78.9 Å². The van der Waals surface area contributed by atoms with E-state index in [4.69, 9.17) is 9.47 Å². The summed E-state index contributed by atoms with van der Waals surface area (Å²) in [5.41, 5.74) is 3.48. The minimum absolute atomic E-state index is 0.257. The average molecular weight is 356 g/mol. The number of fused-ring (bicyclic) bond motifs is 1. The maximum Gasteiger partial charge on any atom is 0.161 e. The van der Waals surface area contributed by atoms with Gasteiger partial charge in [0.2, 0.25) is 0 Å². The lowest BCUT2D eigenvalue weighted by Crippen LogP contribution is -1.93. The molecule has 0 bridgehead atoms. The van der Waals surface area contributed by atoms with Gasteiger partial charge in [-0.2, -0.15) is 0 Å². The van der Waals surface area contributed by atoms with Crippen LogP contribution in [0.15, 0.2) is 78.9 Å². The molecule has 4 aromatic carbocycles. The summed E-state index contributed by atoms with van der Waals surface area (Å²) in [5, 5.41) is 13.1. The zero-order valence-corrected chi connectivity index (χ0v) is 15.3. The standard InChI is InChI=1S/C24H20O3/c1-26-21-14-18-13-20(16-9-5-3-6-10-16)24(25)23(17-11-7-4-8-12-17)19(18)15-22(21)27-2/h3-15,25H,1-2H3. The molecule has 4 aromatic rings. The summed E-state index contributed by atoms with van der Waals surface area (Å²) in [4.78, 5) is 0. The van der Waals surface area contributed by atoms with E-state index in [1.165, 1.54) is 0 Å². The molecule has 0 unspecified atom stereocenters. The van der Waals surface area contributed by atoms with Gasteiger partial charge >= 0.3 is 0 Å². The van der Waals surface area contributed by atoms with Crippen molar-refractivity contribution in [2.24, 2.45) is 0 Å². The lowest BCUT2D eigenvalue weighted by Gasteiger charge is -2.17. The molecule has 0 amide bonds. The Morgan fingerprint density at radius 1 is 0.667 bits per heavy atom. The number of phenols is 1. The van der Waals surface area contributed by atoms with Crippen LogP contribution < -0.4 is 9.47 Å². The van der Waals surface area contributed by atoms with E-state index in [0.29, 0.717) is 11.5 Å². The molecule has 3 heteroatoms. The second kappa shape index (κ2) is 7.04. The predicted molar refractivity (Wildman–Crippen MR) is 110 cm³/mol. The molecule has 0 radical (unpaired) electrons. The van der Waals surface area contributed by atoms with E-state index in [2.05, 4.69) is 0 Å². The Morgan fingerprint density at radius 3 is 1.81 bits per heavy atom. The van der Waals surface area contributed by atoms with Gasteiger partial charge in [-0.3, -0.25) is 0 Å². The zero-order valence-electron chi connectivity index (χ0n) is 15.3. The molecule has 27 heavy (non-hydrogen) atoms. The molecule has 0 aliphatic heterocycles. The van der Waals surface area contributed by atoms with Gasteiger partial charge in [-0.1, -0.05) is 60.7 Å². The van der Waals surface area contributed by atoms with Crippen molar-refractivity contribution in [3.8, 4) is 39.5 Å². The highest BCUT2D eigenvalue weighted by molar-refractivity contribution is 6.05. The van der Waals surface area contributed by atoms with Crippen molar-refractivity contribution in [1.29, 1.82) is 0 Å².